The number of rotatable bonds is 7. The molecule has 4 nitrogen and oxygen atoms in total. The molecule has 114 valence electrons. The fraction of sp³-hybridized carbons (Fsp3) is 0.375. The van der Waals surface area contributed by atoms with Crippen LogP contribution in [0.1, 0.15) is 25.8 Å². The number of hydrogen-bond donors (Lipinski definition) is 0. The van der Waals surface area contributed by atoms with Gasteiger partial charge in [-0.3, -0.25) is 9.59 Å². The maximum Gasteiger partial charge on any atom is 0.328 e. The van der Waals surface area contributed by atoms with E-state index in [1.165, 1.54) is 5.54 Å². The first-order chi connectivity index (χ1) is 10.1. The Morgan fingerprint density at radius 1 is 1.10 bits per heavy atom. The molecule has 0 N–H and O–H groups in total. The van der Waals surface area contributed by atoms with Crippen molar-refractivity contribution < 1.29 is 19.1 Å². The Morgan fingerprint density at radius 3 is 2.05 bits per heavy atom. The summed E-state index contributed by atoms with van der Waals surface area (Å²) in [6, 6.07) is 8.73. The molecule has 0 saturated heterocycles. The molecule has 0 aliphatic carbocycles. The van der Waals surface area contributed by atoms with Crippen molar-refractivity contribution in [1.29, 1.82) is 0 Å². The van der Waals surface area contributed by atoms with Gasteiger partial charge in [-0.25, -0.2) is 0 Å². The van der Waals surface area contributed by atoms with Crippen molar-refractivity contribution >= 4 is 23.5 Å². The van der Waals surface area contributed by atoms with E-state index >= 15 is 0 Å². The molecule has 0 atom stereocenters. The van der Waals surface area contributed by atoms with Crippen molar-refractivity contribution in [2.75, 3.05) is 13.2 Å². The van der Waals surface area contributed by atoms with Crippen LogP contribution in [0, 0.1) is 0 Å². The van der Waals surface area contributed by atoms with Gasteiger partial charge in [0.1, 0.15) is 0 Å². The van der Waals surface area contributed by atoms with Gasteiger partial charge in [0.15, 0.2) is 5.41 Å². The largest absolute Gasteiger partial charge is 0.465 e. The molecule has 0 heterocycles. The molecule has 0 aromatic heterocycles. The maximum atomic E-state index is 12.5. The molecule has 0 amide bonds. The highest BCUT2D eigenvalue weighted by atomic mass is 35.5. The fourth-order valence-electron chi connectivity index (χ4n) is 2.06. The number of ether oxygens (including phenoxy) is 2. The number of carbonyl (C=O) groups excluding carboxylic acids is 2. The molecular weight excluding hydrogens is 292 g/mol. The Hall–Kier alpha value is -1.81. The molecule has 0 saturated carbocycles. The van der Waals surface area contributed by atoms with E-state index in [0.29, 0.717) is 5.56 Å². The lowest BCUT2D eigenvalue weighted by atomic mass is 9.77. The zero-order valence-electron chi connectivity index (χ0n) is 12.2. The number of halogens is 1. The Kier molecular flexibility index (Phi) is 6.96. The summed E-state index contributed by atoms with van der Waals surface area (Å²) < 4.78 is 10.2. The highest BCUT2D eigenvalue weighted by molar-refractivity contribution is 6.25. The first-order valence-electron chi connectivity index (χ1n) is 6.78. The van der Waals surface area contributed by atoms with Crippen molar-refractivity contribution in [2.45, 2.75) is 25.7 Å². The fourth-order valence-corrected chi connectivity index (χ4v) is 2.15. The molecule has 0 aliphatic rings. The van der Waals surface area contributed by atoms with Gasteiger partial charge in [0.2, 0.25) is 0 Å². The van der Waals surface area contributed by atoms with Gasteiger partial charge in [0.25, 0.3) is 0 Å². The summed E-state index contributed by atoms with van der Waals surface area (Å²) in [5.74, 6) is -1.27. The molecule has 0 aliphatic heterocycles. The molecule has 0 bridgehead atoms. The minimum absolute atomic E-state index is 0.0815. The summed E-state index contributed by atoms with van der Waals surface area (Å²) in [5.41, 5.74) is 0.270. The van der Waals surface area contributed by atoms with Crippen molar-refractivity contribution in [3.8, 4) is 0 Å². The average Bonchev–Trinajstić information content (AvgIpc) is 2.50. The highest BCUT2D eigenvalue weighted by Gasteiger charge is 2.49. The zero-order chi connectivity index (χ0) is 15.7. The number of esters is 2. The van der Waals surface area contributed by atoms with Gasteiger partial charge in [-0.05, 0) is 25.8 Å². The number of carbonyl (C=O) groups is 2. The SMILES string of the molecule is CCOC(=O)C(C/C=C/Cl)(C(=O)OCC)c1ccccc1. The summed E-state index contributed by atoms with van der Waals surface area (Å²) in [7, 11) is 0. The molecular formula is C16H19ClO4. The third kappa shape index (κ3) is 3.85. The van der Waals surface area contributed by atoms with Crippen LogP contribution in [0.3, 0.4) is 0 Å². The van der Waals surface area contributed by atoms with E-state index in [0.717, 1.165) is 0 Å². The number of hydrogen-bond acceptors (Lipinski definition) is 4. The van der Waals surface area contributed by atoms with Gasteiger partial charge >= 0.3 is 11.9 Å². The lowest BCUT2D eigenvalue weighted by Gasteiger charge is -2.28. The van der Waals surface area contributed by atoms with E-state index < -0.39 is 17.4 Å². The van der Waals surface area contributed by atoms with Crippen LogP contribution in [-0.4, -0.2) is 25.2 Å². The topological polar surface area (TPSA) is 52.6 Å². The van der Waals surface area contributed by atoms with E-state index in [1.54, 1.807) is 44.2 Å². The van der Waals surface area contributed by atoms with E-state index in [-0.39, 0.29) is 19.6 Å². The second kappa shape index (κ2) is 8.47. The van der Waals surface area contributed by atoms with E-state index in [1.807, 2.05) is 6.07 Å². The zero-order valence-corrected chi connectivity index (χ0v) is 12.9. The molecule has 1 rings (SSSR count). The van der Waals surface area contributed by atoms with Crippen LogP contribution in [0.4, 0.5) is 0 Å². The first kappa shape index (κ1) is 17.2. The third-order valence-electron chi connectivity index (χ3n) is 3.03. The summed E-state index contributed by atoms with van der Waals surface area (Å²) in [6.07, 6.45) is 1.63. The second-order valence-corrected chi connectivity index (χ2v) is 4.53. The highest BCUT2D eigenvalue weighted by Crippen LogP contribution is 2.32. The van der Waals surface area contributed by atoms with Gasteiger partial charge in [-0.2, -0.15) is 0 Å². The van der Waals surface area contributed by atoms with Crippen molar-refractivity contribution in [3.05, 3.63) is 47.5 Å². The van der Waals surface area contributed by atoms with E-state index in [4.69, 9.17) is 21.1 Å². The quantitative estimate of drug-likeness (QED) is 0.573. The molecule has 0 spiro atoms. The monoisotopic (exact) mass is 310 g/mol. The van der Waals surface area contributed by atoms with Crippen molar-refractivity contribution in [2.24, 2.45) is 0 Å². The molecule has 0 fully saturated rings. The normalized spacial score (nSPS) is 11.4. The molecule has 0 radical (unpaired) electrons. The van der Waals surface area contributed by atoms with Crippen LogP contribution in [0.2, 0.25) is 0 Å². The van der Waals surface area contributed by atoms with Crippen LogP contribution in [0.5, 0.6) is 0 Å². The standard InChI is InChI=1S/C16H19ClO4/c1-3-20-14(18)16(11-8-12-17,15(19)21-4-2)13-9-6-5-7-10-13/h5-10,12H,3-4,11H2,1-2H3/b12-8+. The van der Waals surface area contributed by atoms with Gasteiger partial charge in [0, 0.05) is 5.54 Å². The predicted octanol–water partition coefficient (Wildman–Crippen LogP) is 3.19. The Morgan fingerprint density at radius 2 is 1.62 bits per heavy atom. The van der Waals surface area contributed by atoms with Gasteiger partial charge in [-0.1, -0.05) is 48.0 Å². The van der Waals surface area contributed by atoms with Crippen LogP contribution < -0.4 is 0 Å². The first-order valence-corrected chi connectivity index (χ1v) is 7.22. The Labute approximate surface area is 129 Å². The average molecular weight is 311 g/mol. The second-order valence-electron chi connectivity index (χ2n) is 4.28. The molecule has 1 aromatic carbocycles. The lowest BCUT2D eigenvalue weighted by Crippen LogP contribution is -2.46. The smallest absolute Gasteiger partial charge is 0.328 e. The Balaban J connectivity index is 3.39. The van der Waals surface area contributed by atoms with Gasteiger partial charge in [0.05, 0.1) is 13.2 Å². The minimum atomic E-state index is -1.53. The third-order valence-corrected chi connectivity index (χ3v) is 3.21. The Bertz CT molecular complexity index is 478. The molecule has 0 unspecified atom stereocenters. The summed E-state index contributed by atoms with van der Waals surface area (Å²) in [6.45, 7) is 3.74. The molecule has 1 aromatic rings. The van der Waals surface area contributed by atoms with E-state index in [2.05, 4.69) is 0 Å². The van der Waals surface area contributed by atoms with Crippen molar-refractivity contribution in [1.82, 2.24) is 0 Å². The van der Waals surface area contributed by atoms with Crippen LogP contribution >= 0.6 is 11.6 Å². The summed E-state index contributed by atoms with van der Waals surface area (Å²) in [4.78, 5) is 25.0. The number of allylic oxidation sites excluding steroid dienone is 1. The van der Waals surface area contributed by atoms with Crippen LogP contribution in [0.25, 0.3) is 0 Å². The minimum Gasteiger partial charge on any atom is -0.465 e. The van der Waals surface area contributed by atoms with E-state index in [9.17, 15) is 9.59 Å². The van der Waals surface area contributed by atoms with Crippen molar-refractivity contribution in [3.63, 3.8) is 0 Å². The maximum absolute atomic E-state index is 12.5. The van der Waals surface area contributed by atoms with Gasteiger partial charge < -0.3 is 9.47 Å². The van der Waals surface area contributed by atoms with Crippen LogP contribution in [0.15, 0.2) is 41.9 Å². The number of benzene rings is 1. The summed E-state index contributed by atoms with van der Waals surface area (Å²) in [5, 5.41) is 0. The van der Waals surface area contributed by atoms with Crippen LogP contribution in [-0.2, 0) is 24.5 Å². The summed E-state index contributed by atoms with van der Waals surface area (Å²) >= 11 is 5.57. The molecule has 21 heavy (non-hydrogen) atoms. The molecule has 5 heteroatoms. The lowest BCUT2D eigenvalue weighted by molar-refractivity contribution is -0.164. The predicted molar refractivity (Wildman–Crippen MR) is 81.0 cm³/mol. The van der Waals surface area contributed by atoms with Gasteiger partial charge in [-0.15, -0.1) is 0 Å².